The third-order valence-electron chi connectivity index (χ3n) is 3.83. The average Bonchev–Trinajstić information content (AvgIpc) is 2.92. The Kier molecular flexibility index (Phi) is 7.73. The number of aliphatic imine (C=N–C) groups is 1. The molecule has 2 aromatic rings. The second kappa shape index (κ2) is 10.0. The van der Waals surface area contributed by atoms with Crippen molar-refractivity contribution in [3.63, 3.8) is 0 Å². The highest BCUT2D eigenvalue weighted by atomic mass is 32.1. The number of methoxy groups -OCH3 is 1. The molecule has 0 fully saturated rings. The fourth-order valence-corrected chi connectivity index (χ4v) is 3.57. The Morgan fingerprint density at radius 2 is 2.00 bits per heavy atom. The maximum absolute atomic E-state index is 5.40. The van der Waals surface area contributed by atoms with E-state index in [0.29, 0.717) is 0 Å². The summed E-state index contributed by atoms with van der Waals surface area (Å²) in [5, 5.41) is 7.82. The zero-order valence-electron chi connectivity index (χ0n) is 15.6. The van der Waals surface area contributed by atoms with Gasteiger partial charge in [0.05, 0.1) is 17.8 Å². The Morgan fingerprint density at radius 1 is 1.20 bits per heavy atom. The minimum absolute atomic E-state index is 0.756. The van der Waals surface area contributed by atoms with Gasteiger partial charge in [-0.1, -0.05) is 18.2 Å². The molecular formula is C19H28N4OS. The van der Waals surface area contributed by atoms with Gasteiger partial charge in [0, 0.05) is 30.9 Å². The number of benzene rings is 1. The number of hydrogen-bond donors (Lipinski definition) is 2. The molecular weight excluding hydrogens is 332 g/mol. The van der Waals surface area contributed by atoms with Crippen LogP contribution in [0.5, 0.6) is 5.75 Å². The van der Waals surface area contributed by atoms with E-state index in [1.807, 2.05) is 25.1 Å². The first-order valence-electron chi connectivity index (χ1n) is 8.71. The summed E-state index contributed by atoms with van der Waals surface area (Å²) in [6.07, 6.45) is 1.82. The molecule has 5 nitrogen and oxygen atoms in total. The molecule has 0 saturated carbocycles. The van der Waals surface area contributed by atoms with Crippen LogP contribution in [0.25, 0.3) is 0 Å². The number of nitrogens with zero attached hydrogens (tertiary/aromatic N) is 2. The highest BCUT2D eigenvalue weighted by Crippen LogP contribution is 2.18. The lowest BCUT2D eigenvalue weighted by atomic mass is 10.1. The van der Waals surface area contributed by atoms with Crippen LogP contribution in [0.1, 0.15) is 28.1 Å². The van der Waals surface area contributed by atoms with Gasteiger partial charge in [-0.2, -0.15) is 0 Å². The van der Waals surface area contributed by atoms with Crippen molar-refractivity contribution in [1.29, 1.82) is 0 Å². The summed E-state index contributed by atoms with van der Waals surface area (Å²) in [7, 11) is 1.71. The van der Waals surface area contributed by atoms with E-state index >= 15 is 0 Å². The number of hydrogen-bond acceptors (Lipinski definition) is 4. The molecule has 0 aliphatic carbocycles. The summed E-state index contributed by atoms with van der Waals surface area (Å²) < 4.78 is 5.40. The van der Waals surface area contributed by atoms with E-state index < -0.39 is 0 Å². The molecule has 0 radical (unpaired) electrons. The Hall–Kier alpha value is -2.08. The van der Waals surface area contributed by atoms with Crippen molar-refractivity contribution in [2.24, 2.45) is 4.99 Å². The Bertz CT molecular complexity index is 696. The highest BCUT2D eigenvalue weighted by molar-refractivity contribution is 7.11. The molecule has 1 aromatic heterocycles. The van der Waals surface area contributed by atoms with Gasteiger partial charge in [-0.25, -0.2) is 4.98 Å². The molecule has 0 amide bonds. The fourth-order valence-electron chi connectivity index (χ4n) is 2.64. The lowest BCUT2D eigenvalue weighted by Gasteiger charge is -2.12. The maximum atomic E-state index is 5.40. The second-order valence-corrected chi connectivity index (χ2v) is 7.03. The van der Waals surface area contributed by atoms with Gasteiger partial charge in [-0.15, -0.1) is 11.3 Å². The lowest BCUT2D eigenvalue weighted by Crippen LogP contribution is -2.38. The molecule has 1 aromatic carbocycles. The van der Waals surface area contributed by atoms with Gasteiger partial charge in [0.2, 0.25) is 0 Å². The highest BCUT2D eigenvalue weighted by Gasteiger charge is 2.05. The summed E-state index contributed by atoms with van der Waals surface area (Å²) in [5.41, 5.74) is 2.33. The lowest BCUT2D eigenvalue weighted by molar-refractivity contribution is 0.409. The van der Waals surface area contributed by atoms with Gasteiger partial charge in [0.15, 0.2) is 5.96 Å². The van der Waals surface area contributed by atoms with Crippen molar-refractivity contribution in [2.45, 2.75) is 33.6 Å². The van der Waals surface area contributed by atoms with Crippen molar-refractivity contribution >= 4 is 17.3 Å². The molecule has 136 valence electrons. The Morgan fingerprint density at radius 3 is 2.68 bits per heavy atom. The van der Waals surface area contributed by atoms with Gasteiger partial charge in [-0.3, -0.25) is 4.99 Å². The van der Waals surface area contributed by atoms with Gasteiger partial charge in [0.1, 0.15) is 5.75 Å². The molecule has 2 N–H and O–H groups in total. The van der Waals surface area contributed by atoms with Crippen LogP contribution in [0.3, 0.4) is 0 Å². The summed E-state index contributed by atoms with van der Waals surface area (Å²) in [6, 6.07) is 8.12. The van der Waals surface area contributed by atoms with Crippen molar-refractivity contribution < 1.29 is 4.74 Å². The van der Waals surface area contributed by atoms with Gasteiger partial charge in [-0.05, 0) is 38.8 Å². The third kappa shape index (κ3) is 6.05. The van der Waals surface area contributed by atoms with Crippen LogP contribution in [-0.2, 0) is 12.8 Å². The predicted octanol–water partition coefficient (Wildman–Crippen LogP) is 3.11. The molecule has 0 aliphatic heterocycles. The number of rotatable bonds is 8. The average molecular weight is 361 g/mol. The smallest absolute Gasteiger partial charge is 0.191 e. The van der Waals surface area contributed by atoms with Crippen LogP contribution in [-0.4, -0.2) is 37.7 Å². The maximum Gasteiger partial charge on any atom is 0.191 e. The van der Waals surface area contributed by atoms with Crippen LogP contribution in [0.15, 0.2) is 29.3 Å². The third-order valence-corrected chi connectivity index (χ3v) is 4.96. The number of aromatic nitrogens is 1. The minimum Gasteiger partial charge on any atom is -0.496 e. The van der Waals surface area contributed by atoms with Crippen molar-refractivity contribution in [1.82, 2.24) is 15.6 Å². The van der Waals surface area contributed by atoms with Crippen LogP contribution < -0.4 is 15.4 Å². The van der Waals surface area contributed by atoms with Crippen molar-refractivity contribution in [2.75, 3.05) is 26.7 Å². The van der Waals surface area contributed by atoms with E-state index in [1.54, 1.807) is 18.4 Å². The number of thiazole rings is 1. The molecule has 6 heteroatoms. The Labute approximate surface area is 154 Å². The summed E-state index contributed by atoms with van der Waals surface area (Å²) in [6.45, 7) is 8.61. The van der Waals surface area contributed by atoms with E-state index in [2.05, 4.69) is 40.5 Å². The number of nitrogens with one attached hydrogen (secondary N) is 2. The quantitative estimate of drug-likeness (QED) is 0.561. The van der Waals surface area contributed by atoms with Crippen LogP contribution >= 0.6 is 11.3 Å². The molecule has 0 bridgehead atoms. The monoisotopic (exact) mass is 360 g/mol. The summed E-state index contributed by atoms with van der Waals surface area (Å²) >= 11 is 1.76. The topological polar surface area (TPSA) is 58.5 Å². The van der Waals surface area contributed by atoms with E-state index in [1.165, 1.54) is 10.4 Å². The molecule has 0 spiro atoms. The van der Waals surface area contributed by atoms with Gasteiger partial charge >= 0.3 is 0 Å². The van der Waals surface area contributed by atoms with E-state index in [4.69, 9.17) is 4.74 Å². The first-order valence-corrected chi connectivity index (χ1v) is 9.52. The normalized spacial score (nSPS) is 11.4. The standard InChI is InChI=1S/C19H28N4OS/c1-5-20-19(22-13-11-18-14(2)23-15(3)25-18)21-12-10-16-8-6-7-9-17(16)24-4/h6-9H,5,10-13H2,1-4H3,(H2,20,21,22). The zero-order valence-corrected chi connectivity index (χ0v) is 16.4. The molecule has 25 heavy (non-hydrogen) atoms. The van der Waals surface area contributed by atoms with Gasteiger partial charge < -0.3 is 15.4 Å². The fraction of sp³-hybridized carbons (Fsp3) is 0.474. The van der Waals surface area contributed by atoms with E-state index in [0.717, 1.165) is 54.9 Å². The minimum atomic E-state index is 0.756. The van der Waals surface area contributed by atoms with Crippen molar-refractivity contribution in [3.8, 4) is 5.75 Å². The van der Waals surface area contributed by atoms with Crippen LogP contribution in [0, 0.1) is 13.8 Å². The largest absolute Gasteiger partial charge is 0.496 e. The number of ether oxygens (including phenoxy) is 1. The Balaban J connectivity index is 1.86. The predicted molar refractivity (Wildman–Crippen MR) is 106 cm³/mol. The molecule has 0 aliphatic rings. The first-order chi connectivity index (χ1) is 12.1. The zero-order chi connectivity index (χ0) is 18.1. The van der Waals surface area contributed by atoms with E-state index in [9.17, 15) is 0 Å². The molecule has 0 unspecified atom stereocenters. The molecule has 0 saturated heterocycles. The number of aryl methyl sites for hydroxylation is 2. The molecule has 1 heterocycles. The van der Waals surface area contributed by atoms with Crippen LogP contribution in [0.4, 0.5) is 0 Å². The van der Waals surface area contributed by atoms with Crippen LogP contribution in [0.2, 0.25) is 0 Å². The number of para-hydroxylation sites is 1. The number of guanidine groups is 1. The van der Waals surface area contributed by atoms with Crippen molar-refractivity contribution in [3.05, 3.63) is 45.4 Å². The summed E-state index contributed by atoms with van der Waals surface area (Å²) in [4.78, 5) is 10.5. The van der Waals surface area contributed by atoms with E-state index in [-0.39, 0.29) is 0 Å². The van der Waals surface area contributed by atoms with Gasteiger partial charge in [0.25, 0.3) is 0 Å². The first kappa shape index (κ1) is 19.2. The second-order valence-electron chi connectivity index (χ2n) is 5.74. The SMILES string of the molecule is CCNC(=NCCc1sc(C)nc1C)NCCc1ccccc1OC. The molecule has 2 rings (SSSR count). The summed E-state index contributed by atoms with van der Waals surface area (Å²) in [5.74, 6) is 1.79. The molecule has 0 atom stereocenters.